The summed E-state index contributed by atoms with van der Waals surface area (Å²) in [5, 5.41) is 9.90. The molecule has 0 saturated carbocycles. The predicted molar refractivity (Wildman–Crippen MR) is 77.5 cm³/mol. The van der Waals surface area contributed by atoms with Gasteiger partial charge in [0.25, 0.3) is 0 Å². The highest BCUT2D eigenvalue weighted by atomic mass is 16.5. The van der Waals surface area contributed by atoms with Crippen LogP contribution in [0.2, 0.25) is 0 Å². The Kier molecular flexibility index (Phi) is 7.53. The first-order valence-electron chi connectivity index (χ1n) is 7.12. The third-order valence-corrected chi connectivity index (χ3v) is 2.99. The molecule has 0 aromatic heterocycles. The van der Waals surface area contributed by atoms with Gasteiger partial charge in [-0.3, -0.25) is 0 Å². The second-order valence-electron chi connectivity index (χ2n) is 5.11. The Balaban J connectivity index is 2.33. The van der Waals surface area contributed by atoms with Crippen molar-refractivity contribution in [1.29, 1.82) is 0 Å². The van der Waals surface area contributed by atoms with E-state index >= 15 is 0 Å². The van der Waals surface area contributed by atoms with Crippen molar-refractivity contribution in [1.82, 2.24) is 0 Å². The zero-order chi connectivity index (χ0) is 14.1. The maximum Gasteiger partial charge on any atom is 0.125 e. The molecule has 0 aliphatic carbocycles. The molecule has 1 atom stereocenters. The van der Waals surface area contributed by atoms with Gasteiger partial charge in [0.2, 0.25) is 0 Å². The van der Waals surface area contributed by atoms with E-state index in [9.17, 15) is 5.11 Å². The van der Waals surface area contributed by atoms with E-state index < -0.39 is 6.10 Å². The van der Waals surface area contributed by atoms with Gasteiger partial charge in [-0.05, 0) is 24.8 Å². The minimum atomic E-state index is -0.460. The van der Waals surface area contributed by atoms with Crippen LogP contribution >= 0.6 is 0 Å². The lowest BCUT2D eigenvalue weighted by atomic mass is 10.1. The Bertz CT molecular complexity index is 350. The number of aliphatic hydroxyl groups is 1. The lowest BCUT2D eigenvalue weighted by Crippen LogP contribution is -2.10. The fourth-order valence-corrected chi connectivity index (χ4v) is 1.74. The standard InChI is InChI=1S/C16H26O3/c1-4-15(17)14-7-5-6-8-16(14)19-12-11-18-10-9-13(2)3/h5-8,13,15,17H,4,9-12H2,1-3H3/t15-/m1/s1. The average Bonchev–Trinajstić information content (AvgIpc) is 2.42. The Labute approximate surface area is 116 Å². The zero-order valence-electron chi connectivity index (χ0n) is 12.3. The fourth-order valence-electron chi connectivity index (χ4n) is 1.74. The Morgan fingerprint density at radius 1 is 1.11 bits per heavy atom. The first-order chi connectivity index (χ1) is 9.15. The van der Waals surface area contributed by atoms with Gasteiger partial charge in [0.1, 0.15) is 12.4 Å². The van der Waals surface area contributed by atoms with Gasteiger partial charge in [0, 0.05) is 12.2 Å². The molecule has 1 aromatic rings. The van der Waals surface area contributed by atoms with E-state index in [0.29, 0.717) is 25.6 Å². The van der Waals surface area contributed by atoms with Crippen molar-refractivity contribution in [2.45, 2.75) is 39.7 Å². The zero-order valence-corrected chi connectivity index (χ0v) is 12.3. The second kappa shape index (κ2) is 8.94. The van der Waals surface area contributed by atoms with E-state index in [1.54, 1.807) is 0 Å². The number of benzene rings is 1. The molecule has 0 bridgehead atoms. The number of hydrogen-bond acceptors (Lipinski definition) is 3. The Hall–Kier alpha value is -1.06. The molecule has 1 N–H and O–H groups in total. The summed E-state index contributed by atoms with van der Waals surface area (Å²) in [5.74, 6) is 1.42. The monoisotopic (exact) mass is 266 g/mol. The highest BCUT2D eigenvalue weighted by Gasteiger charge is 2.10. The smallest absolute Gasteiger partial charge is 0.125 e. The van der Waals surface area contributed by atoms with Gasteiger partial charge in [-0.15, -0.1) is 0 Å². The van der Waals surface area contributed by atoms with Gasteiger partial charge in [0.15, 0.2) is 0 Å². The van der Waals surface area contributed by atoms with Crippen molar-refractivity contribution in [3.63, 3.8) is 0 Å². The van der Waals surface area contributed by atoms with Crippen LogP contribution in [0.4, 0.5) is 0 Å². The molecule has 0 heterocycles. The maximum absolute atomic E-state index is 9.90. The van der Waals surface area contributed by atoms with Crippen LogP contribution in [0.1, 0.15) is 45.3 Å². The minimum Gasteiger partial charge on any atom is -0.491 e. The number of rotatable bonds is 9. The summed E-state index contributed by atoms with van der Waals surface area (Å²) in [6.07, 6.45) is 1.30. The van der Waals surface area contributed by atoms with Gasteiger partial charge in [-0.2, -0.15) is 0 Å². The maximum atomic E-state index is 9.90. The van der Waals surface area contributed by atoms with Gasteiger partial charge in [0.05, 0.1) is 12.7 Å². The van der Waals surface area contributed by atoms with Crippen molar-refractivity contribution >= 4 is 0 Å². The molecule has 0 spiro atoms. The van der Waals surface area contributed by atoms with E-state index in [1.165, 1.54) is 0 Å². The third-order valence-electron chi connectivity index (χ3n) is 2.99. The number of ether oxygens (including phenoxy) is 2. The number of para-hydroxylation sites is 1. The van der Waals surface area contributed by atoms with Crippen LogP contribution in [0.5, 0.6) is 5.75 Å². The highest BCUT2D eigenvalue weighted by Crippen LogP contribution is 2.26. The molecule has 0 saturated heterocycles. The Morgan fingerprint density at radius 3 is 2.53 bits per heavy atom. The summed E-state index contributed by atoms with van der Waals surface area (Å²) >= 11 is 0. The van der Waals surface area contributed by atoms with Gasteiger partial charge in [-0.1, -0.05) is 39.0 Å². The van der Waals surface area contributed by atoms with E-state index in [0.717, 1.165) is 24.3 Å². The molecule has 0 amide bonds. The number of aliphatic hydroxyl groups excluding tert-OH is 1. The molecule has 1 aromatic carbocycles. The van der Waals surface area contributed by atoms with Crippen LogP contribution in [0.25, 0.3) is 0 Å². The van der Waals surface area contributed by atoms with E-state index in [1.807, 2.05) is 31.2 Å². The SMILES string of the molecule is CC[C@@H](O)c1ccccc1OCCOCCC(C)C. The van der Waals surface area contributed by atoms with Crippen LogP contribution < -0.4 is 4.74 Å². The van der Waals surface area contributed by atoms with E-state index in [4.69, 9.17) is 9.47 Å². The van der Waals surface area contributed by atoms with Crippen LogP contribution in [0.15, 0.2) is 24.3 Å². The van der Waals surface area contributed by atoms with Crippen LogP contribution in [-0.4, -0.2) is 24.9 Å². The molecule has 3 heteroatoms. The average molecular weight is 266 g/mol. The molecular formula is C16H26O3. The van der Waals surface area contributed by atoms with Crippen molar-refractivity contribution in [3.8, 4) is 5.75 Å². The normalized spacial score (nSPS) is 12.7. The summed E-state index contributed by atoms with van der Waals surface area (Å²) in [6.45, 7) is 8.20. The third kappa shape index (κ3) is 6.08. The molecule has 108 valence electrons. The molecular weight excluding hydrogens is 240 g/mol. The largest absolute Gasteiger partial charge is 0.491 e. The van der Waals surface area contributed by atoms with Crippen molar-refractivity contribution in [2.24, 2.45) is 5.92 Å². The topological polar surface area (TPSA) is 38.7 Å². The summed E-state index contributed by atoms with van der Waals surface area (Å²) < 4.78 is 11.2. The van der Waals surface area contributed by atoms with Crippen molar-refractivity contribution < 1.29 is 14.6 Å². The molecule has 0 aliphatic heterocycles. The minimum absolute atomic E-state index is 0.460. The molecule has 1 rings (SSSR count). The predicted octanol–water partition coefficient (Wildman–Crippen LogP) is 3.57. The number of hydrogen-bond donors (Lipinski definition) is 1. The summed E-state index contributed by atoms with van der Waals surface area (Å²) in [5.41, 5.74) is 0.854. The Morgan fingerprint density at radius 2 is 1.84 bits per heavy atom. The van der Waals surface area contributed by atoms with Gasteiger partial charge in [-0.25, -0.2) is 0 Å². The summed E-state index contributed by atoms with van der Waals surface area (Å²) in [7, 11) is 0. The van der Waals surface area contributed by atoms with Gasteiger partial charge < -0.3 is 14.6 Å². The molecule has 0 radical (unpaired) electrons. The summed E-state index contributed by atoms with van der Waals surface area (Å²) in [6, 6.07) is 7.63. The fraction of sp³-hybridized carbons (Fsp3) is 0.625. The van der Waals surface area contributed by atoms with Crippen LogP contribution in [0, 0.1) is 5.92 Å². The van der Waals surface area contributed by atoms with Crippen LogP contribution in [-0.2, 0) is 4.74 Å². The molecule has 0 fully saturated rings. The summed E-state index contributed by atoms with van der Waals surface area (Å²) in [4.78, 5) is 0. The molecule has 19 heavy (non-hydrogen) atoms. The highest BCUT2D eigenvalue weighted by molar-refractivity contribution is 5.34. The lowest BCUT2D eigenvalue weighted by molar-refractivity contribution is 0.0904. The first-order valence-corrected chi connectivity index (χ1v) is 7.12. The molecule has 0 unspecified atom stereocenters. The lowest BCUT2D eigenvalue weighted by Gasteiger charge is -2.15. The van der Waals surface area contributed by atoms with E-state index in [-0.39, 0.29) is 0 Å². The molecule has 0 aliphatic rings. The van der Waals surface area contributed by atoms with Crippen molar-refractivity contribution in [3.05, 3.63) is 29.8 Å². The van der Waals surface area contributed by atoms with Crippen molar-refractivity contribution in [2.75, 3.05) is 19.8 Å². The second-order valence-corrected chi connectivity index (χ2v) is 5.11. The van der Waals surface area contributed by atoms with Gasteiger partial charge >= 0.3 is 0 Å². The van der Waals surface area contributed by atoms with Crippen LogP contribution in [0.3, 0.4) is 0 Å². The first kappa shape index (κ1) is 16.0. The quantitative estimate of drug-likeness (QED) is 0.694. The molecule has 3 nitrogen and oxygen atoms in total. The van der Waals surface area contributed by atoms with E-state index in [2.05, 4.69) is 13.8 Å².